The molecule has 0 unspecified atom stereocenters. The number of carbonyl (C=O) groups is 2. The number of anilines is 2. The molecule has 0 spiro atoms. The number of methoxy groups -OCH3 is 1. The number of nitrogens with one attached hydrogen (secondary N) is 2. The van der Waals surface area contributed by atoms with Crippen LogP contribution in [0.2, 0.25) is 5.02 Å². The topological polar surface area (TPSA) is 93.2 Å². The van der Waals surface area contributed by atoms with Crippen LogP contribution < -0.4 is 15.4 Å². The molecule has 3 aromatic rings. The largest absolute Gasteiger partial charge is 0.497 e. The highest BCUT2D eigenvalue weighted by molar-refractivity contribution is 7.13. The summed E-state index contributed by atoms with van der Waals surface area (Å²) in [5, 5.41) is 14.8. The fourth-order valence-electron chi connectivity index (χ4n) is 2.32. The van der Waals surface area contributed by atoms with E-state index in [0.717, 1.165) is 17.1 Å². The van der Waals surface area contributed by atoms with Crippen LogP contribution in [0.5, 0.6) is 5.75 Å². The van der Waals surface area contributed by atoms with Crippen LogP contribution in [0.1, 0.15) is 21.2 Å². The molecule has 9 heteroatoms. The van der Waals surface area contributed by atoms with E-state index in [2.05, 4.69) is 20.8 Å². The van der Waals surface area contributed by atoms with Gasteiger partial charge >= 0.3 is 0 Å². The van der Waals surface area contributed by atoms with Gasteiger partial charge in [0, 0.05) is 29.2 Å². The van der Waals surface area contributed by atoms with E-state index in [1.54, 1.807) is 55.6 Å². The smallest absolute Gasteiger partial charge is 0.286 e. The van der Waals surface area contributed by atoms with E-state index in [-0.39, 0.29) is 23.2 Å². The van der Waals surface area contributed by atoms with Gasteiger partial charge in [-0.2, -0.15) is 0 Å². The summed E-state index contributed by atoms with van der Waals surface area (Å²) in [6.07, 6.45) is 0.626. The predicted molar refractivity (Wildman–Crippen MR) is 109 cm³/mol. The molecular formula is C19H17ClN4O3S. The third kappa shape index (κ3) is 5.51. The first-order valence-corrected chi connectivity index (χ1v) is 9.56. The number of carbonyl (C=O) groups excluding carboxylic acids is 2. The molecule has 0 fully saturated rings. The zero-order chi connectivity index (χ0) is 19.9. The van der Waals surface area contributed by atoms with Crippen LogP contribution in [0, 0.1) is 0 Å². The van der Waals surface area contributed by atoms with Crippen molar-refractivity contribution < 1.29 is 14.3 Å². The summed E-state index contributed by atoms with van der Waals surface area (Å²) in [6.45, 7) is 0. The minimum absolute atomic E-state index is 0.148. The van der Waals surface area contributed by atoms with Gasteiger partial charge < -0.3 is 15.4 Å². The Morgan fingerprint density at radius 3 is 2.57 bits per heavy atom. The Balaban J connectivity index is 1.51. The number of benzene rings is 2. The SMILES string of the molecule is COc1ccc(NC(=O)CCc2nnc(C(=O)Nc3cccc(Cl)c3)s2)cc1. The summed E-state index contributed by atoms with van der Waals surface area (Å²) in [5.41, 5.74) is 1.26. The molecule has 0 aliphatic heterocycles. The van der Waals surface area contributed by atoms with Gasteiger partial charge in [-0.25, -0.2) is 0 Å². The Kier molecular flexibility index (Phi) is 6.57. The van der Waals surface area contributed by atoms with Crippen LogP contribution in [-0.2, 0) is 11.2 Å². The second-order valence-corrected chi connectivity index (χ2v) is 7.24. The lowest BCUT2D eigenvalue weighted by Crippen LogP contribution is -2.12. The summed E-state index contributed by atoms with van der Waals surface area (Å²) >= 11 is 7.06. The molecular weight excluding hydrogens is 400 g/mol. The lowest BCUT2D eigenvalue weighted by Gasteiger charge is -2.05. The van der Waals surface area contributed by atoms with Gasteiger partial charge in [0.25, 0.3) is 5.91 Å². The van der Waals surface area contributed by atoms with Gasteiger partial charge in [0.1, 0.15) is 10.8 Å². The van der Waals surface area contributed by atoms with E-state index in [9.17, 15) is 9.59 Å². The third-order valence-electron chi connectivity index (χ3n) is 3.68. The molecule has 0 aliphatic rings. The molecule has 1 heterocycles. The summed E-state index contributed by atoms with van der Waals surface area (Å²) in [4.78, 5) is 24.3. The molecule has 3 rings (SSSR count). The van der Waals surface area contributed by atoms with Crippen molar-refractivity contribution in [2.75, 3.05) is 17.7 Å². The molecule has 0 saturated carbocycles. The number of hydrogen-bond acceptors (Lipinski definition) is 6. The van der Waals surface area contributed by atoms with Crippen LogP contribution in [-0.4, -0.2) is 29.1 Å². The molecule has 0 atom stereocenters. The minimum atomic E-state index is -0.367. The monoisotopic (exact) mass is 416 g/mol. The predicted octanol–water partition coefficient (Wildman–Crippen LogP) is 4.02. The van der Waals surface area contributed by atoms with E-state index in [1.807, 2.05) is 0 Å². The number of rotatable bonds is 7. The molecule has 0 saturated heterocycles. The maximum absolute atomic E-state index is 12.2. The van der Waals surface area contributed by atoms with Gasteiger partial charge in [-0.05, 0) is 42.5 Å². The highest BCUT2D eigenvalue weighted by atomic mass is 35.5. The summed E-state index contributed by atoms with van der Waals surface area (Å²) < 4.78 is 5.08. The van der Waals surface area contributed by atoms with Crippen molar-refractivity contribution in [1.82, 2.24) is 10.2 Å². The molecule has 0 aliphatic carbocycles. The first-order valence-electron chi connectivity index (χ1n) is 8.36. The summed E-state index contributed by atoms with van der Waals surface area (Å²) in [6, 6.07) is 13.9. The van der Waals surface area contributed by atoms with Crippen LogP contribution in [0.15, 0.2) is 48.5 Å². The molecule has 2 amide bonds. The van der Waals surface area contributed by atoms with Crippen molar-refractivity contribution in [3.63, 3.8) is 0 Å². The molecule has 144 valence electrons. The minimum Gasteiger partial charge on any atom is -0.497 e. The Hall–Kier alpha value is -2.97. The standard InChI is InChI=1S/C19H17ClN4O3S/c1-27-15-7-5-13(6-8-15)21-16(25)9-10-17-23-24-19(28-17)18(26)22-14-4-2-3-12(20)11-14/h2-8,11H,9-10H2,1H3,(H,21,25)(H,22,26). The fourth-order valence-corrected chi connectivity index (χ4v) is 3.24. The fraction of sp³-hybridized carbons (Fsp3) is 0.158. The molecule has 28 heavy (non-hydrogen) atoms. The van der Waals surface area contributed by atoms with Crippen molar-refractivity contribution in [2.24, 2.45) is 0 Å². The second-order valence-electron chi connectivity index (χ2n) is 5.74. The first-order chi connectivity index (χ1) is 13.5. The summed E-state index contributed by atoms with van der Waals surface area (Å²) in [5.74, 6) is 0.203. The van der Waals surface area contributed by atoms with Crippen LogP contribution in [0.3, 0.4) is 0 Å². The van der Waals surface area contributed by atoms with E-state index < -0.39 is 0 Å². The Morgan fingerprint density at radius 1 is 1.07 bits per heavy atom. The first kappa shape index (κ1) is 19.8. The lowest BCUT2D eigenvalue weighted by atomic mass is 10.2. The number of nitrogens with zero attached hydrogens (tertiary/aromatic N) is 2. The molecule has 0 bridgehead atoms. The van der Waals surface area contributed by atoms with Gasteiger partial charge in [0.05, 0.1) is 7.11 Å². The van der Waals surface area contributed by atoms with Crippen molar-refractivity contribution >= 4 is 46.1 Å². The van der Waals surface area contributed by atoms with Crippen LogP contribution >= 0.6 is 22.9 Å². The number of ether oxygens (including phenoxy) is 1. The number of hydrogen-bond donors (Lipinski definition) is 2. The average molecular weight is 417 g/mol. The molecule has 1 aromatic heterocycles. The Labute approximate surface area is 170 Å². The van der Waals surface area contributed by atoms with E-state index >= 15 is 0 Å². The van der Waals surface area contributed by atoms with Crippen molar-refractivity contribution in [3.8, 4) is 5.75 Å². The summed E-state index contributed by atoms with van der Waals surface area (Å²) in [7, 11) is 1.58. The highest BCUT2D eigenvalue weighted by Crippen LogP contribution is 2.18. The molecule has 2 aromatic carbocycles. The number of aryl methyl sites for hydroxylation is 1. The number of amides is 2. The number of aromatic nitrogens is 2. The number of halogens is 1. The molecule has 7 nitrogen and oxygen atoms in total. The van der Waals surface area contributed by atoms with Crippen LogP contribution in [0.4, 0.5) is 11.4 Å². The molecule has 0 radical (unpaired) electrons. The van der Waals surface area contributed by atoms with E-state index in [0.29, 0.717) is 27.8 Å². The maximum atomic E-state index is 12.2. The average Bonchev–Trinajstić information content (AvgIpc) is 3.16. The van der Waals surface area contributed by atoms with Gasteiger partial charge in [-0.3, -0.25) is 9.59 Å². The van der Waals surface area contributed by atoms with Crippen molar-refractivity contribution in [2.45, 2.75) is 12.8 Å². The normalized spacial score (nSPS) is 10.4. The van der Waals surface area contributed by atoms with Gasteiger partial charge in [-0.1, -0.05) is 29.0 Å². The van der Waals surface area contributed by atoms with Gasteiger partial charge in [0.15, 0.2) is 0 Å². The van der Waals surface area contributed by atoms with E-state index in [4.69, 9.17) is 16.3 Å². The lowest BCUT2D eigenvalue weighted by molar-refractivity contribution is -0.116. The third-order valence-corrected chi connectivity index (χ3v) is 4.90. The molecule has 2 N–H and O–H groups in total. The zero-order valence-corrected chi connectivity index (χ0v) is 16.5. The highest BCUT2D eigenvalue weighted by Gasteiger charge is 2.14. The van der Waals surface area contributed by atoms with Gasteiger partial charge in [-0.15, -0.1) is 10.2 Å². The van der Waals surface area contributed by atoms with E-state index in [1.165, 1.54) is 0 Å². The van der Waals surface area contributed by atoms with Crippen molar-refractivity contribution in [1.29, 1.82) is 0 Å². The second kappa shape index (κ2) is 9.29. The van der Waals surface area contributed by atoms with Crippen LogP contribution in [0.25, 0.3) is 0 Å². The van der Waals surface area contributed by atoms with Gasteiger partial charge in [0.2, 0.25) is 10.9 Å². The van der Waals surface area contributed by atoms with Crippen molar-refractivity contribution in [3.05, 3.63) is 63.6 Å². The maximum Gasteiger partial charge on any atom is 0.286 e. The quantitative estimate of drug-likeness (QED) is 0.606. The Bertz CT molecular complexity index is 975. The zero-order valence-electron chi connectivity index (χ0n) is 14.9. The Morgan fingerprint density at radius 2 is 1.86 bits per heavy atom.